The standard InChI is InChI=1S/C76H80N8O16/c1-93-59-29-15-30-60(94-2)63(59)41-17-9-21-51(77)65-53(79)23-11-19-42(64-61(95-3)31-16-32-62(64)96-4)20-12-24-54(80)66(52(78)22-10-18-41)68-56-26-14-28-58(68)84-72(88)46-40-50(46)76(92)100-36-8-7-35-99-75(91)49-39-45(49)71(87)83-57-27-13-25-55(67(57)65)81-69(85)43-37-47(43)73(89)97-33-5-6-34-98-74(90)48-38-44(48)70(86)82-56/h9-19,21-32,43-50,77H,5-8,20,33-40,78-80H2,1-4H3,(H,81,85)(H,82,86)(H,83,87)(H,84,88)/b18-10?,21-9-,23-11-,24-12?,41-17-,42-19-,52-22?,65-53+,66-54+,77-51?. The summed E-state index contributed by atoms with van der Waals surface area (Å²) < 4.78 is 46.2. The monoisotopic (exact) mass is 1360 g/mol. The molecule has 100 heavy (non-hydrogen) atoms. The van der Waals surface area contributed by atoms with Crippen molar-refractivity contribution in [1.82, 2.24) is 0 Å². The molecule has 24 nitrogen and oxygen atoms in total. The molecule has 8 unspecified atom stereocenters. The van der Waals surface area contributed by atoms with Crippen LogP contribution in [0, 0.1) is 52.8 Å². The Morgan fingerprint density at radius 1 is 0.400 bits per heavy atom. The maximum atomic E-state index is 14.6. The highest BCUT2D eigenvalue weighted by molar-refractivity contribution is 6.32. The summed E-state index contributed by atoms with van der Waals surface area (Å²) in [4.78, 5) is 112. The largest absolute Gasteiger partial charge is 0.496 e. The molecule has 4 heterocycles. The predicted molar refractivity (Wildman–Crippen MR) is 375 cm³/mol. The first-order valence-corrected chi connectivity index (χ1v) is 33.2. The van der Waals surface area contributed by atoms with Gasteiger partial charge >= 0.3 is 23.9 Å². The van der Waals surface area contributed by atoms with Gasteiger partial charge in [0.1, 0.15) is 23.0 Å². The van der Waals surface area contributed by atoms with Gasteiger partial charge in [0, 0.05) is 39.4 Å². The van der Waals surface area contributed by atoms with Crippen LogP contribution in [0.3, 0.4) is 0 Å². The Labute approximate surface area is 577 Å². The molecule has 5 aliphatic carbocycles. The SMILES string of the molecule is COc1cccc(OC)c1/C1=C\C=C/C(=N)/C2=C(N)/C=C\C=C(/c3c(OC)cccc3OC)CC=C/C(N)=C(/C(N)=CC=C1)c1c3cccc1NC(=O)C1CC1C(=O)OCCCCOC(=O)C1CC1C(=O)Nc1cccc(c12)NC(=O)C1CC1C(=O)OCCCCOC(=O)C1CC1C(=O)N3. The molecule has 0 saturated heterocycles. The lowest BCUT2D eigenvalue weighted by Gasteiger charge is -2.21. The van der Waals surface area contributed by atoms with Gasteiger partial charge < -0.3 is 81.8 Å². The minimum Gasteiger partial charge on any atom is -0.496 e. The third-order valence-electron chi connectivity index (χ3n) is 18.3. The highest BCUT2D eigenvalue weighted by Crippen LogP contribution is 2.47. The Kier molecular flexibility index (Phi) is 22.0. The fraction of sp³-hybridized carbons (Fsp3) is 0.329. The molecule has 4 aromatic carbocycles. The van der Waals surface area contributed by atoms with E-state index in [1.54, 1.807) is 134 Å². The number of carbonyl (C=O) groups is 8. The zero-order chi connectivity index (χ0) is 70.7. The lowest BCUT2D eigenvalue weighted by molar-refractivity contribution is -0.148. The second-order valence-electron chi connectivity index (χ2n) is 25.1. The van der Waals surface area contributed by atoms with Gasteiger partial charge in [-0.1, -0.05) is 66.8 Å². The Morgan fingerprint density at radius 3 is 1.15 bits per heavy atom. The van der Waals surface area contributed by atoms with Crippen molar-refractivity contribution < 1.29 is 76.3 Å². The third kappa shape index (κ3) is 16.1. The number of rotatable bonds is 6. The summed E-state index contributed by atoms with van der Waals surface area (Å²) in [6.07, 6.45) is 19.9. The molecule has 4 aliphatic heterocycles. The van der Waals surface area contributed by atoms with Gasteiger partial charge in [-0.3, -0.25) is 38.4 Å². The summed E-state index contributed by atoms with van der Waals surface area (Å²) in [6.45, 7) is -0.136. The Balaban J connectivity index is 1.16. The molecule has 0 spiro atoms. The van der Waals surface area contributed by atoms with Crippen LogP contribution in [0.1, 0.15) is 80.0 Å². The Bertz CT molecular complexity index is 4090. The molecular weight excluding hydrogens is 1280 g/mol. The van der Waals surface area contributed by atoms with Crippen molar-refractivity contribution in [3.05, 3.63) is 179 Å². The molecule has 8 atom stereocenters. The lowest BCUT2D eigenvalue weighted by Crippen LogP contribution is -2.22. The van der Waals surface area contributed by atoms with Gasteiger partial charge in [0.15, 0.2) is 0 Å². The number of carbonyl (C=O) groups excluding carboxylic acids is 8. The molecule has 11 N–H and O–H groups in total. The van der Waals surface area contributed by atoms with Crippen molar-refractivity contribution in [3.63, 3.8) is 0 Å². The first-order chi connectivity index (χ1) is 48.4. The second-order valence-corrected chi connectivity index (χ2v) is 25.1. The molecule has 4 aromatic rings. The van der Waals surface area contributed by atoms with E-state index in [-0.39, 0.29) is 126 Å². The number of ether oxygens (including phenoxy) is 8. The maximum absolute atomic E-state index is 14.6. The fourth-order valence-corrected chi connectivity index (χ4v) is 12.6. The minimum atomic E-state index is -0.839. The van der Waals surface area contributed by atoms with E-state index in [1.165, 1.54) is 34.5 Å². The van der Waals surface area contributed by atoms with Crippen molar-refractivity contribution in [3.8, 4) is 23.0 Å². The number of methoxy groups -OCH3 is 4. The summed E-state index contributed by atoms with van der Waals surface area (Å²) in [7, 11) is 6.01. The normalized spacial score (nSPS) is 27.5. The quantitative estimate of drug-likeness (QED) is 0.0657. The van der Waals surface area contributed by atoms with Gasteiger partial charge in [-0.15, -0.1) is 0 Å². The molecule has 4 amide bonds. The van der Waals surface area contributed by atoms with Crippen LogP contribution in [-0.4, -0.2) is 108 Å². The number of allylic oxidation sites excluding steroid dienone is 15. The van der Waals surface area contributed by atoms with Crippen molar-refractivity contribution >= 4 is 98.3 Å². The fourth-order valence-electron chi connectivity index (χ4n) is 12.6. The smallest absolute Gasteiger partial charge is 0.309 e. The van der Waals surface area contributed by atoms with Crippen LogP contribution in [0.5, 0.6) is 23.0 Å². The molecule has 4 bridgehead atoms. The average Bonchev–Trinajstić information content (AvgIpc) is 1.20. The van der Waals surface area contributed by atoms with Crippen molar-refractivity contribution in [1.29, 1.82) is 5.41 Å². The summed E-state index contributed by atoms with van der Waals surface area (Å²) in [5.41, 5.74) is 24.7. The van der Waals surface area contributed by atoms with Crippen molar-refractivity contribution in [2.75, 3.05) is 76.1 Å². The van der Waals surface area contributed by atoms with Gasteiger partial charge in [-0.25, -0.2) is 0 Å². The topological polar surface area (TPSA) is 360 Å². The van der Waals surface area contributed by atoms with Crippen LogP contribution < -0.4 is 57.4 Å². The highest BCUT2D eigenvalue weighted by atomic mass is 16.5. The average molecular weight is 1360 g/mol. The van der Waals surface area contributed by atoms with Crippen molar-refractivity contribution in [2.45, 2.75) is 57.8 Å². The van der Waals surface area contributed by atoms with E-state index in [9.17, 15) is 43.8 Å². The number of hydrogen-bond acceptors (Lipinski definition) is 20. The molecule has 4 saturated carbocycles. The maximum Gasteiger partial charge on any atom is 0.309 e. The summed E-state index contributed by atoms with van der Waals surface area (Å²) in [5.74, 6) is -9.53. The highest BCUT2D eigenvalue weighted by Gasteiger charge is 2.52. The van der Waals surface area contributed by atoms with E-state index < -0.39 is 94.8 Å². The van der Waals surface area contributed by atoms with Crippen LogP contribution >= 0.6 is 0 Å². The number of hydrogen-bond donors (Lipinski definition) is 8. The van der Waals surface area contributed by atoms with E-state index >= 15 is 0 Å². The number of nitrogens with one attached hydrogen (secondary N) is 5. The van der Waals surface area contributed by atoms with Gasteiger partial charge in [0.25, 0.3) is 0 Å². The Hall–Kier alpha value is -11.4. The minimum absolute atomic E-state index is 0.0148. The van der Waals surface area contributed by atoms with Gasteiger partial charge in [0.2, 0.25) is 23.6 Å². The van der Waals surface area contributed by atoms with E-state index in [0.29, 0.717) is 71.0 Å². The molecule has 0 radical (unpaired) electrons. The van der Waals surface area contributed by atoms with Crippen LogP contribution in [0.15, 0.2) is 157 Å². The molecule has 0 aromatic heterocycles. The van der Waals surface area contributed by atoms with Crippen LogP contribution in [-0.2, 0) is 57.3 Å². The zero-order valence-electron chi connectivity index (χ0n) is 55.9. The molecule has 4 fully saturated rings. The molecule has 9 aliphatic rings. The number of benzene rings is 4. The van der Waals surface area contributed by atoms with E-state index in [1.807, 2.05) is 0 Å². The lowest BCUT2D eigenvalue weighted by atomic mass is 9.93. The number of nitrogens with two attached hydrogens (primary N) is 3. The summed E-state index contributed by atoms with van der Waals surface area (Å²) >= 11 is 0. The van der Waals surface area contributed by atoms with Crippen LogP contribution in [0.25, 0.3) is 22.3 Å². The first kappa shape index (κ1) is 69.9. The number of esters is 4. The van der Waals surface area contributed by atoms with Crippen LogP contribution in [0.4, 0.5) is 22.7 Å². The van der Waals surface area contributed by atoms with E-state index in [0.717, 1.165) is 0 Å². The van der Waals surface area contributed by atoms with E-state index in [4.69, 9.17) is 55.1 Å². The molecule has 13 rings (SSSR count). The number of amides is 4. The third-order valence-corrected chi connectivity index (χ3v) is 18.3. The first-order valence-electron chi connectivity index (χ1n) is 33.2. The summed E-state index contributed by atoms with van der Waals surface area (Å²) in [5, 5.41) is 22.1. The molecule has 520 valence electrons. The number of anilines is 4. The van der Waals surface area contributed by atoms with Gasteiger partial charge in [-0.05, 0) is 142 Å². The van der Waals surface area contributed by atoms with Gasteiger partial charge in [-0.2, -0.15) is 0 Å². The molecule has 24 heteroatoms. The van der Waals surface area contributed by atoms with Crippen molar-refractivity contribution in [2.24, 2.45) is 64.5 Å². The summed E-state index contributed by atoms with van der Waals surface area (Å²) in [6, 6.07) is 20.1. The second kappa shape index (κ2) is 31.4. The van der Waals surface area contributed by atoms with E-state index in [2.05, 4.69) is 21.3 Å². The Morgan fingerprint density at radius 2 is 0.750 bits per heavy atom. The van der Waals surface area contributed by atoms with Crippen LogP contribution in [0.2, 0.25) is 0 Å². The predicted octanol–water partition coefficient (Wildman–Crippen LogP) is 9.48. The molecular formula is C76H80N8O16. The van der Waals surface area contributed by atoms with Gasteiger partial charge in [0.05, 0.1) is 142 Å². The zero-order valence-corrected chi connectivity index (χ0v) is 55.9. The number of fused-ring (bicyclic) bond motifs is 18.